The van der Waals surface area contributed by atoms with Crippen LogP contribution in [0.25, 0.3) is 0 Å². The van der Waals surface area contributed by atoms with Crippen molar-refractivity contribution < 1.29 is 29.2 Å². The smallest absolute Gasteiger partial charge is 0.302 e. The van der Waals surface area contributed by atoms with E-state index in [1.807, 2.05) is 48.5 Å². The summed E-state index contributed by atoms with van der Waals surface area (Å²) in [5.41, 5.74) is 1.96. The van der Waals surface area contributed by atoms with Gasteiger partial charge in [0.05, 0.1) is 5.88 Å². The molecule has 0 aliphatic heterocycles. The largest absolute Gasteiger partial charge is 0.491 e. The molecule has 0 heterocycles. The molecular formula is C23H29ClO6. The summed E-state index contributed by atoms with van der Waals surface area (Å²) in [5, 5.41) is 19.3. The second kappa shape index (κ2) is 11.2. The van der Waals surface area contributed by atoms with Crippen molar-refractivity contribution in [2.45, 2.75) is 38.4 Å². The Balaban J connectivity index is 1.96. The molecule has 0 amide bonds. The monoisotopic (exact) mass is 436 g/mol. The first-order valence-electron chi connectivity index (χ1n) is 9.74. The Bertz CT molecular complexity index is 788. The number of alkyl halides is 1. The molecule has 2 N–H and O–H groups in total. The van der Waals surface area contributed by atoms with Crippen LogP contribution in [0.15, 0.2) is 48.5 Å². The van der Waals surface area contributed by atoms with Crippen LogP contribution in [0.1, 0.15) is 31.9 Å². The molecule has 6 nitrogen and oxygen atoms in total. The van der Waals surface area contributed by atoms with Crippen LogP contribution in [-0.2, 0) is 14.9 Å². The number of benzene rings is 2. The zero-order chi connectivity index (χ0) is 22.1. The molecule has 2 atom stereocenters. The molecule has 2 aromatic carbocycles. The van der Waals surface area contributed by atoms with Gasteiger partial charge in [0.2, 0.25) is 0 Å². The van der Waals surface area contributed by atoms with Gasteiger partial charge in [0.25, 0.3) is 0 Å². The van der Waals surface area contributed by atoms with Crippen LogP contribution in [0.2, 0.25) is 0 Å². The van der Waals surface area contributed by atoms with Crippen molar-refractivity contribution in [3.05, 3.63) is 59.7 Å². The second-order valence-corrected chi connectivity index (χ2v) is 7.87. The molecule has 0 spiro atoms. The molecule has 0 aromatic heterocycles. The summed E-state index contributed by atoms with van der Waals surface area (Å²) in [6, 6.07) is 15.4. The van der Waals surface area contributed by atoms with Crippen molar-refractivity contribution in [1.29, 1.82) is 0 Å². The van der Waals surface area contributed by atoms with Crippen LogP contribution in [0.5, 0.6) is 11.5 Å². The van der Waals surface area contributed by atoms with Crippen molar-refractivity contribution in [3.63, 3.8) is 0 Å². The van der Waals surface area contributed by atoms with Gasteiger partial charge in [0.1, 0.15) is 43.5 Å². The van der Waals surface area contributed by atoms with Gasteiger partial charge in [-0.25, -0.2) is 0 Å². The first kappa shape index (κ1) is 24.0. The Hall–Kier alpha value is -2.28. The van der Waals surface area contributed by atoms with Crippen LogP contribution in [0.4, 0.5) is 0 Å². The van der Waals surface area contributed by atoms with Gasteiger partial charge in [0.15, 0.2) is 0 Å². The number of hydrogen-bond donors (Lipinski definition) is 2. The Morgan fingerprint density at radius 2 is 1.30 bits per heavy atom. The lowest BCUT2D eigenvalue weighted by Crippen LogP contribution is -2.24. The summed E-state index contributed by atoms with van der Waals surface area (Å²) in [6.45, 7) is 5.64. The minimum atomic E-state index is -0.878. The van der Waals surface area contributed by atoms with E-state index in [9.17, 15) is 15.0 Å². The summed E-state index contributed by atoms with van der Waals surface area (Å²) in [5.74, 6) is 0.997. The topological polar surface area (TPSA) is 85.2 Å². The van der Waals surface area contributed by atoms with Gasteiger partial charge in [-0.1, -0.05) is 38.1 Å². The van der Waals surface area contributed by atoms with Crippen LogP contribution < -0.4 is 9.47 Å². The predicted octanol–water partition coefficient (Wildman–Crippen LogP) is 3.29. The molecule has 0 fully saturated rings. The maximum Gasteiger partial charge on any atom is 0.302 e. The lowest BCUT2D eigenvalue weighted by Gasteiger charge is -2.26. The number of carbonyl (C=O) groups is 1. The molecule has 2 unspecified atom stereocenters. The van der Waals surface area contributed by atoms with Gasteiger partial charge in [-0.15, -0.1) is 11.6 Å². The predicted molar refractivity (Wildman–Crippen MR) is 115 cm³/mol. The average Bonchev–Trinajstić information content (AvgIpc) is 2.75. The van der Waals surface area contributed by atoms with Crippen LogP contribution in [0, 0.1) is 0 Å². The van der Waals surface area contributed by atoms with Crippen LogP contribution >= 0.6 is 11.6 Å². The summed E-state index contributed by atoms with van der Waals surface area (Å²) in [4.78, 5) is 10.8. The minimum Gasteiger partial charge on any atom is -0.491 e. The molecule has 2 aromatic rings. The van der Waals surface area contributed by atoms with Crippen molar-refractivity contribution in [3.8, 4) is 11.5 Å². The van der Waals surface area contributed by atoms with Gasteiger partial charge >= 0.3 is 5.97 Å². The van der Waals surface area contributed by atoms with Crippen molar-refractivity contribution in [1.82, 2.24) is 0 Å². The highest BCUT2D eigenvalue weighted by molar-refractivity contribution is 6.18. The number of aliphatic hydroxyl groups excluding tert-OH is 2. The third kappa shape index (κ3) is 7.20. The third-order valence-electron chi connectivity index (χ3n) is 4.69. The second-order valence-electron chi connectivity index (χ2n) is 7.56. The van der Waals surface area contributed by atoms with E-state index < -0.39 is 18.2 Å². The van der Waals surface area contributed by atoms with Gasteiger partial charge in [-0.05, 0) is 35.4 Å². The quantitative estimate of drug-likeness (QED) is 0.415. The normalized spacial score (nSPS) is 13.4. The fourth-order valence-electron chi connectivity index (χ4n) is 2.79. The number of halogens is 1. The Morgan fingerprint density at radius 1 is 0.867 bits per heavy atom. The highest BCUT2D eigenvalue weighted by Gasteiger charge is 2.23. The summed E-state index contributed by atoms with van der Waals surface area (Å²) < 4.78 is 15.8. The molecule has 164 valence electrons. The van der Waals surface area contributed by atoms with E-state index in [-0.39, 0.29) is 31.1 Å². The first-order chi connectivity index (χ1) is 14.2. The van der Waals surface area contributed by atoms with E-state index in [2.05, 4.69) is 13.8 Å². The summed E-state index contributed by atoms with van der Waals surface area (Å²) in [6.07, 6.45) is -1.57. The molecule has 0 saturated heterocycles. The van der Waals surface area contributed by atoms with Gasteiger partial charge in [-0.3, -0.25) is 4.79 Å². The number of rotatable bonds is 11. The van der Waals surface area contributed by atoms with E-state index in [4.69, 9.17) is 25.8 Å². The highest BCUT2D eigenvalue weighted by Crippen LogP contribution is 2.33. The van der Waals surface area contributed by atoms with E-state index in [1.54, 1.807) is 0 Å². The fraction of sp³-hybridized carbons (Fsp3) is 0.435. The molecule has 0 radical (unpaired) electrons. The third-order valence-corrected chi connectivity index (χ3v) is 5.05. The van der Waals surface area contributed by atoms with Crippen molar-refractivity contribution in [2.24, 2.45) is 0 Å². The summed E-state index contributed by atoms with van der Waals surface area (Å²) >= 11 is 5.57. The van der Waals surface area contributed by atoms with E-state index in [1.165, 1.54) is 6.92 Å². The maximum atomic E-state index is 10.8. The Labute approximate surface area is 182 Å². The highest BCUT2D eigenvalue weighted by atomic mass is 35.5. The number of carbonyl (C=O) groups excluding carboxylic acids is 1. The maximum absolute atomic E-state index is 10.8. The van der Waals surface area contributed by atoms with E-state index in [0.29, 0.717) is 11.5 Å². The zero-order valence-corrected chi connectivity index (χ0v) is 18.3. The molecule has 0 aliphatic carbocycles. The molecule has 30 heavy (non-hydrogen) atoms. The first-order valence-corrected chi connectivity index (χ1v) is 10.3. The van der Waals surface area contributed by atoms with E-state index >= 15 is 0 Å². The number of esters is 1. The molecular weight excluding hydrogens is 408 g/mol. The van der Waals surface area contributed by atoms with Gasteiger partial charge in [-0.2, -0.15) is 0 Å². The SMILES string of the molecule is CC(=O)OCC(O)COc1ccc(C(C)(C)c2ccc(OCC(O)CCl)cc2)cc1. The lowest BCUT2D eigenvalue weighted by molar-refractivity contribution is -0.144. The summed E-state index contributed by atoms with van der Waals surface area (Å²) in [7, 11) is 0. The molecule has 0 aliphatic rings. The number of aliphatic hydroxyl groups is 2. The minimum absolute atomic E-state index is 0.0376. The van der Waals surface area contributed by atoms with Crippen LogP contribution in [0.3, 0.4) is 0 Å². The molecule has 0 saturated carbocycles. The fourth-order valence-corrected chi connectivity index (χ4v) is 2.88. The van der Waals surface area contributed by atoms with Crippen molar-refractivity contribution >= 4 is 17.6 Å². The number of hydrogen-bond acceptors (Lipinski definition) is 6. The Kier molecular flexibility index (Phi) is 8.96. The Morgan fingerprint density at radius 3 is 1.70 bits per heavy atom. The zero-order valence-electron chi connectivity index (χ0n) is 17.5. The van der Waals surface area contributed by atoms with Gasteiger partial charge < -0.3 is 24.4 Å². The van der Waals surface area contributed by atoms with Crippen LogP contribution in [-0.4, -0.2) is 54.1 Å². The average molecular weight is 437 g/mol. The molecule has 2 rings (SSSR count). The van der Waals surface area contributed by atoms with Gasteiger partial charge in [0, 0.05) is 12.3 Å². The van der Waals surface area contributed by atoms with E-state index in [0.717, 1.165) is 11.1 Å². The van der Waals surface area contributed by atoms with Crippen molar-refractivity contribution in [2.75, 3.05) is 25.7 Å². The number of ether oxygens (including phenoxy) is 3. The lowest BCUT2D eigenvalue weighted by atomic mass is 9.78. The molecule has 7 heteroatoms. The standard InChI is InChI=1S/C23H29ClO6/c1-16(25)28-14-20(27)15-30-22-10-6-18(7-11-22)23(2,3)17-4-8-21(9-5-17)29-13-19(26)12-24/h4-11,19-20,26-27H,12-15H2,1-3H3. The molecule has 0 bridgehead atoms.